The van der Waals surface area contributed by atoms with E-state index in [9.17, 15) is 23.3 Å². The molecule has 0 aliphatic carbocycles. The molecule has 3 aromatic rings. The first kappa shape index (κ1) is 22.2. The van der Waals surface area contributed by atoms with E-state index in [1.54, 1.807) is 11.3 Å². The molecule has 0 saturated heterocycles. The summed E-state index contributed by atoms with van der Waals surface area (Å²) in [5.74, 6) is 0.635. The minimum atomic E-state index is -3.90. The van der Waals surface area contributed by atoms with E-state index in [2.05, 4.69) is 15.0 Å². The molecule has 1 heterocycles. The lowest BCUT2D eigenvalue weighted by Gasteiger charge is -2.08. The maximum atomic E-state index is 12.2. The second kappa shape index (κ2) is 9.98. The molecule has 0 fully saturated rings. The number of nitro benzene ring substituents is 1. The van der Waals surface area contributed by atoms with Gasteiger partial charge < -0.3 is 5.32 Å². The minimum absolute atomic E-state index is 0.0285. The number of para-hydroxylation sites is 1. The Bertz CT molecular complexity index is 1130. The van der Waals surface area contributed by atoms with Crippen molar-refractivity contribution in [2.45, 2.75) is 10.6 Å². The first-order valence-electron chi connectivity index (χ1n) is 8.78. The number of hydrogen-bond donors (Lipinski definition) is 2. The van der Waals surface area contributed by atoms with Crippen molar-refractivity contribution in [3.63, 3.8) is 0 Å². The molecule has 0 aliphatic heterocycles. The van der Waals surface area contributed by atoms with Crippen LogP contribution in [-0.2, 0) is 20.6 Å². The van der Waals surface area contributed by atoms with Crippen LogP contribution in [0.1, 0.15) is 5.01 Å². The molecular formula is C18H18N4O5S3. The summed E-state index contributed by atoms with van der Waals surface area (Å²) < 4.78 is 27.8. The van der Waals surface area contributed by atoms with E-state index < -0.39 is 14.9 Å². The smallest absolute Gasteiger partial charge is 0.270 e. The molecule has 2 aromatic carbocycles. The number of thiazole rings is 1. The number of nitrogens with zero attached hydrogens (tertiary/aromatic N) is 2. The lowest BCUT2D eigenvalue weighted by molar-refractivity contribution is -0.385. The molecule has 0 radical (unpaired) electrons. The van der Waals surface area contributed by atoms with Gasteiger partial charge in [0.05, 0.1) is 25.8 Å². The molecule has 0 spiro atoms. The first-order valence-corrected chi connectivity index (χ1v) is 12.2. The Kier molecular flexibility index (Phi) is 7.37. The normalized spacial score (nSPS) is 11.5. The predicted molar refractivity (Wildman–Crippen MR) is 117 cm³/mol. The van der Waals surface area contributed by atoms with Gasteiger partial charge in [-0.25, -0.2) is 18.1 Å². The first-order chi connectivity index (χ1) is 14.3. The van der Waals surface area contributed by atoms with E-state index in [1.165, 1.54) is 30.0 Å². The molecule has 1 amide bonds. The Morgan fingerprint density at radius 2 is 1.97 bits per heavy atom. The van der Waals surface area contributed by atoms with Gasteiger partial charge in [0.1, 0.15) is 5.01 Å². The fraction of sp³-hybridized carbons (Fsp3) is 0.222. The van der Waals surface area contributed by atoms with Crippen LogP contribution in [0.2, 0.25) is 0 Å². The van der Waals surface area contributed by atoms with Crippen LogP contribution < -0.4 is 10.0 Å². The summed E-state index contributed by atoms with van der Waals surface area (Å²) >= 11 is 3.02. The predicted octanol–water partition coefficient (Wildman–Crippen LogP) is 2.53. The Morgan fingerprint density at radius 3 is 2.73 bits per heavy atom. The van der Waals surface area contributed by atoms with Gasteiger partial charge in [-0.3, -0.25) is 14.9 Å². The largest absolute Gasteiger partial charge is 0.354 e. The number of nitrogens with one attached hydrogen (secondary N) is 2. The Morgan fingerprint density at radius 1 is 1.17 bits per heavy atom. The summed E-state index contributed by atoms with van der Waals surface area (Å²) in [6.45, 7) is 0.0774. The van der Waals surface area contributed by atoms with Crippen LogP contribution >= 0.6 is 23.1 Å². The zero-order valence-corrected chi connectivity index (χ0v) is 18.1. The number of benzene rings is 2. The maximum absolute atomic E-state index is 12.2. The number of sulfonamides is 1. The summed E-state index contributed by atoms with van der Waals surface area (Å²) in [7, 11) is -3.90. The SMILES string of the molecule is O=C(CSCc1nc2ccccc2s1)NCCNS(=O)(=O)c1cccc([N+](=O)[O-])c1. The third-order valence-electron chi connectivity index (χ3n) is 3.87. The van der Waals surface area contributed by atoms with E-state index in [0.29, 0.717) is 5.75 Å². The monoisotopic (exact) mass is 466 g/mol. The molecule has 9 nitrogen and oxygen atoms in total. The summed E-state index contributed by atoms with van der Waals surface area (Å²) in [6.07, 6.45) is 0. The number of aromatic nitrogens is 1. The lowest BCUT2D eigenvalue weighted by Crippen LogP contribution is -2.35. The van der Waals surface area contributed by atoms with Crippen LogP contribution in [0.15, 0.2) is 53.4 Å². The third-order valence-corrected chi connectivity index (χ3v) is 7.50. The van der Waals surface area contributed by atoms with Crippen molar-refractivity contribution in [2.24, 2.45) is 0 Å². The Labute approximate surface area is 181 Å². The lowest BCUT2D eigenvalue weighted by atomic mass is 10.3. The van der Waals surface area contributed by atoms with Gasteiger partial charge in [-0.2, -0.15) is 0 Å². The summed E-state index contributed by atoms with van der Waals surface area (Å²) in [6, 6.07) is 12.6. The van der Waals surface area contributed by atoms with Crippen LogP contribution in [0, 0.1) is 10.1 Å². The maximum Gasteiger partial charge on any atom is 0.270 e. The highest BCUT2D eigenvalue weighted by atomic mass is 32.2. The van der Waals surface area contributed by atoms with Gasteiger partial charge in [-0.05, 0) is 18.2 Å². The van der Waals surface area contributed by atoms with Gasteiger partial charge in [0.25, 0.3) is 5.69 Å². The molecule has 1 aromatic heterocycles. The number of non-ortho nitro benzene ring substituents is 1. The van der Waals surface area contributed by atoms with Gasteiger partial charge in [0, 0.05) is 31.0 Å². The summed E-state index contributed by atoms with van der Waals surface area (Å²) in [5.41, 5.74) is 0.634. The zero-order chi connectivity index (χ0) is 21.6. The van der Waals surface area contributed by atoms with Gasteiger partial charge in [-0.1, -0.05) is 18.2 Å². The van der Waals surface area contributed by atoms with E-state index in [1.807, 2.05) is 24.3 Å². The van der Waals surface area contributed by atoms with Crippen molar-refractivity contribution in [3.8, 4) is 0 Å². The zero-order valence-electron chi connectivity index (χ0n) is 15.6. The highest BCUT2D eigenvalue weighted by Gasteiger charge is 2.17. The Hall–Kier alpha value is -2.54. The van der Waals surface area contributed by atoms with Crippen molar-refractivity contribution < 1.29 is 18.1 Å². The number of nitro groups is 1. The van der Waals surface area contributed by atoms with Crippen LogP contribution in [0.5, 0.6) is 0 Å². The minimum Gasteiger partial charge on any atom is -0.354 e. The summed E-state index contributed by atoms with van der Waals surface area (Å²) in [5, 5.41) is 14.4. The number of hydrogen-bond acceptors (Lipinski definition) is 8. The van der Waals surface area contributed by atoms with E-state index in [-0.39, 0.29) is 35.3 Å². The standard InChI is InChI=1S/C18H18N4O5S3/c23-17(11-28-12-18-21-15-6-1-2-7-16(15)29-18)19-8-9-20-30(26,27)14-5-3-4-13(10-14)22(24)25/h1-7,10,20H,8-9,11-12H2,(H,19,23). The topological polar surface area (TPSA) is 131 Å². The molecule has 0 bridgehead atoms. The number of amides is 1. The average molecular weight is 467 g/mol. The number of fused-ring (bicyclic) bond motifs is 1. The van der Waals surface area contributed by atoms with E-state index in [4.69, 9.17) is 0 Å². The number of carbonyl (C=O) groups is 1. The molecule has 0 atom stereocenters. The van der Waals surface area contributed by atoms with Crippen molar-refractivity contribution in [2.75, 3.05) is 18.8 Å². The van der Waals surface area contributed by atoms with Crippen molar-refractivity contribution in [3.05, 3.63) is 63.7 Å². The number of rotatable bonds is 10. The van der Waals surface area contributed by atoms with Crippen molar-refractivity contribution >= 4 is 54.9 Å². The van der Waals surface area contributed by atoms with Crippen LogP contribution in [-0.4, -0.2) is 43.1 Å². The molecule has 0 saturated carbocycles. The average Bonchev–Trinajstić information content (AvgIpc) is 3.14. The van der Waals surface area contributed by atoms with Gasteiger partial charge in [-0.15, -0.1) is 23.1 Å². The van der Waals surface area contributed by atoms with Gasteiger partial charge in [0.15, 0.2) is 0 Å². The number of carbonyl (C=O) groups excluding carboxylic acids is 1. The molecule has 0 unspecified atom stereocenters. The molecular weight excluding hydrogens is 448 g/mol. The van der Waals surface area contributed by atoms with Crippen LogP contribution in [0.4, 0.5) is 5.69 Å². The molecule has 158 valence electrons. The highest BCUT2D eigenvalue weighted by Crippen LogP contribution is 2.24. The highest BCUT2D eigenvalue weighted by molar-refractivity contribution is 7.99. The second-order valence-corrected chi connectivity index (χ2v) is 9.94. The molecule has 0 aliphatic rings. The van der Waals surface area contributed by atoms with Crippen LogP contribution in [0.25, 0.3) is 10.2 Å². The van der Waals surface area contributed by atoms with E-state index >= 15 is 0 Å². The van der Waals surface area contributed by atoms with Crippen LogP contribution in [0.3, 0.4) is 0 Å². The third kappa shape index (κ3) is 5.98. The summed E-state index contributed by atoms with van der Waals surface area (Å²) in [4.78, 5) is 26.3. The molecule has 2 N–H and O–H groups in total. The van der Waals surface area contributed by atoms with Gasteiger partial charge >= 0.3 is 0 Å². The molecule has 3 rings (SSSR count). The fourth-order valence-electron chi connectivity index (χ4n) is 2.50. The quantitative estimate of drug-likeness (QED) is 0.267. The molecule has 12 heteroatoms. The Balaban J connectivity index is 1.39. The second-order valence-electron chi connectivity index (χ2n) is 6.07. The van der Waals surface area contributed by atoms with Crippen molar-refractivity contribution in [1.29, 1.82) is 0 Å². The van der Waals surface area contributed by atoms with E-state index in [0.717, 1.165) is 21.3 Å². The van der Waals surface area contributed by atoms with Crippen molar-refractivity contribution in [1.82, 2.24) is 15.0 Å². The molecule has 30 heavy (non-hydrogen) atoms. The van der Waals surface area contributed by atoms with Gasteiger partial charge in [0.2, 0.25) is 15.9 Å². The fourth-order valence-corrected chi connectivity index (χ4v) is 5.45. The number of thioether (sulfide) groups is 1.